The summed E-state index contributed by atoms with van der Waals surface area (Å²) in [5.41, 5.74) is 2.88. The molecular weight excluding hydrogens is 287 g/mol. The molecule has 0 saturated heterocycles. The van der Waals surface area contributed by atoms with Gasteiger partial charge in [-0.25, -0.2) is 0 Å². The molecule has 0 N–H and O–H groups in total. The molecule has 0 bridgehead atoms. The number of carbonyl (C=O) groups is 1. The molecule has 1 fully saturated rings. The Balaban J connectivity index is 2.01. The molecule has 0 radical (unpaired) electrons. The number of ketones is 1. The Morgan fingerprint density at radius 1 is 1.28 bits per heavy atom. The molecule has 1 saturated carbocycles. The van der Waals surface area contributed by atoms with Gasteiger partial charge in [0.25, 0.3) is 0 Å². The van der Waals surface area contributed by atoms with Crippen molar-refractivity contribution in [1.82, 2.24) is 0 Å². The van der Waals surface area contributed by atoms with Crippen LogP contribution in [-0.2, 0) is 4.79 Å². The van der Waals surface area contributed by atoms with Crippen molar-refractivity contribution in [2.75, 3.05) is 0 Å². The third-order valence-corrected chi connectivity index (χ3v) is 6.24. The zero-order valence-corrected chi connectivity index (χ0v) is 12.4. The first-order chi connectivity index (χ1) is 8.83. The van der Waals surface area contributed by atoms with Crippen molar-refractivity contribution in [3.63, 3.8) is 0 Å². The van der Waals surface area contributed by atoms with Crippen LogP contribution < -0.4 is 0 Å². The second kappa shape index (κ2) is 5.03. The van der Waals surface area contributed by atoms with Crippen LogP contribution in [0.5, 0.6) is 0 Å². The molecule has 2 aliphatic carbocycles. The molecule has 1 nitrogen and oxygen atoms in total. The Bertz CT molecular complexity index is 489. The first-order valence-corrected chi connectivity index (χ1v) is 8.84. The number of hydrogen-bond acceptors (Lipinski definition) is 1. The summed E-state index contributed by atoms with van der Waals surface area (Å²) >= 11 is 0.513. The van der Waals surface area contributed by atoms with Crippen molar-refractivity contribution in [3.8, 4) is 0 Å². The predicted octanol–water partition coefficient (Wildman–Crippen LogP) is 3.54. The van der Waals surface area contributed by atoms with E-state index in [0.29, 0.717) is 32.6 Å². The fourth-order valence-corrected chi connectivity index (χ4v) is 5.77. The summed E-state index contributed by atoms with van der Waals surface area (Å²) in [6.07, 6.45) is 3.11. The Labute approximate surface area is 115 Å². The van der Waals surface area contributed by atoms with Gasteiger partial charge in [-0.1, -0.05) is 0 Å². The molecule has 0 amide bonds. The van der Waals surface area contributed by atoms with Crippen LogP contribution in [-0.4, -0.2) is 20.7 Å². The number of allylic oxidation sites excluding steroid dienone is 2. The molecule has 18 heavy (non-hydrogen) atoms. The van der Waals surface area contributed by atoms with E-state index in [1.807, 2.05) is 0 Å². The standard InChI is InChI=1S/C16H18OSe/c1-2-18-16-14(11-7-4-3-5-8-11)12-9-6-10-13(17)15(12)16/h3-5,7-8,12,15H,2,6,9-10H2,1H3. The van der Waals surface area contributed by atoms with Gasteiger partial charge in [0.1, 0.15) is 0 Å². The van der Waals surface area contributed by atoms with Crippen molar-refractivity contribution in [3.05, 3.63) is 40.4 Å². The molecule has 2 atom stereocenters. The van der Waals surface area contributed by atoms with Gasteiger partial charge in [-0.3, -0.25) is 0 Å². The van der Waals surface area contributed by atoms with E-state index in [4.69, 9.17) is 0 Å². The Kier molecular flexibility index (Phi) is 3.41. The van der Waals surface area contributed by atoms with Gasteiger partial charge in [0.15, 0.2) is 0 Å². The second-order valence-electron chi connectivity index (χ2n) is 5.02. The number of Topliss-reactive ketones (excluding diaryl/α,β-unsaturated/α-hetero) is 1. The van der Waals surface area contributed by atoms with Gasteiger partial charge >= 0.3 is 115 Å². The van der Waals surface area contributed by atoms with Crippen LogP contribution in [0.1, 0.15) is 31.7 Å². The van der Waals surface area contributed by atoms with Crippen molar-refractivity contribution in [1.29, 1.82) is 0 Å². The molecule has 1 aromatic carbocycles. The zero-order chi connectivity index (χ0) is 12.5. The number of hydrogen-bond donors (Lipinski definition) is 0. The zero-order valence-electron chi connectivity index (χ0n) is 10.7. The molecule has 0 aromatic heterocycles. The van der Waals surface area contributed by atoms with Crippen molar-refractivity contribution >= 4 is 26.3 Å². The third kappa shape index (κ3) is 1.88. The van der Waals surface area contributed by atoms with E-state index < -0.39 is 0 Å². The molecule has 0 heterocycles. The van der Waals surface area contributed by atoms with Crippen LogP contribution in [0.3, 0.4) is 0 Å². The average Bonchev–Trinajstić information content (AvgIpc) is 2.38. The summed E-state index contributed by atoms with van der Waals surface area (Å²) in [5, 5.41) is 1.20. The van der Waals surface area contributed by atoms with Crippen LogP contribution >= 0.6 is 0 Å². The van der Waals surface area contributed by atoms with Crippen molar-refractivity contribution in [2.45, 2.75) is 31.5 Å². The summed E-state index contributed by atoms with van der Waals surface area (Å²) in [6, 6.07) is 10.7. The topological polar surface area (TPSA) is 17.1 Å². The molecule has 0 aliphatic heterocycles. The van der Waals surface area contributed by atoms with Crippen LogP contribution in [0, 0.1) is 11.8 Å². The minimum absolute atomic E-state index is 0.300. The normalized spacial score (nSPS) is 26.8. The van der Waals surface area contributed by atoms with Gasteiger partial charge < -0.3 is 0 Å². The predicted molar refractivity (Wildman–Crippen MR) is 75.4 cm³/mol. The van der Waals surface area contributed by atoms with Gasteiger partial charge in [0.05, 0.1) is 0 Å². The van der Waals surface area contributed by atoms with Gasteiger partial charge in [-0.2, -0.15) is 0 Å². The first-order valence-electron chi connectivity index (χ1n) is 6.78. The second-order valence-corrected chi connectivity index (χ2v) is 7.76. The quantitative estimate of drug-likeness (QED) is 0.781. The minimum atomic E-state index is 0.300. The fraction of sp³-hybridized carbons (Fsp3) is 0.438. The fourth-order valence-electron chi connectivity index (χ4n) is 3.23. The Morgan fingerprint density at radius 3 is 2.78 bits per heavy atom. The first kappa shape index (κ1) is 12.2. The average molecular weight is 305 g/mol. The number of carbonyl (C=O) groups excluding carboxylic acids is 1. The number of fused-ring (bicyclic) bond motifs is 1. The summed E-state index contributed by atoms with van der Waals surface area (Å²) in [6.45, 7) is 2.23. The summed E-state index contributed by atoms with van der Waals surface area (Å²) in [7, 11) is 0. The Morgan fingerprint density at radius 2 is 2.06 bits per heavy atom. The monoisotopic (exact) mass is 306 g/mol. The van der Waals surface area contributed by atoms with Crippen LogP contribution in [0.4, 0.5) is 0 Å². The molecular formula is C16H18OSe. The molecule has 1 aromatic rings. The summed E-state index contributed by atoms with van der Waals surface area (Å²) in [4.78, 5) is 12.1. The number of benzene rings is 1. The third-order valence-electron chi connectivity index (χ3n) is 3.99. The van der Waals surface area contributed by atoms with Gasteiger partial charge in [-0.15, -0.1) is 0 Å². The van der Waals surface area contributed by atoms with Crippen molar-refractivity contribution < 1.29 is 4.79 Å². The summed E-state index contributed by atoms with van der Waals surface area (Å²) < 4.78 is 1.51. The maximum absolute atomic E-state index is 12.1. The van der Waals surface area contributed by atoms with Gasteiger partial charge in [-0.05, 0) is 0 Å². The van der Waals surface area contributed by atoms with E-state index in [2.05, 4.69) is 37.3 Å². The molecule has 2 unspecified atom stereocenters. The van der Waals surface area contributed by atoms with E-state index >= 15 is 0 Å². The van der Waals surface area contributed by atoms with E-state index in [0.717, 1.165) is 12.8 Å². The van der Waals surface area contributed by atoms with Gasteiger partial charge in [0, 0.05) is 0 Å². The van der Waals surface area contributed by atoms with Crippen LogP contribution in [0.2, 0.25) is 5.32 Å². The van der Waals surface area contributed by atoms with Crippen LogP contribution in [0.15, 0.2) is 34.8 Å². The molecule has 94 valence electrons. The van der Waals surface area contributed by atoms with E-state index in [-0.39, 0.29) is 0 Å². The SMILES string of the molecule is CC[Se]C1=C(c2ccccc2)C2CCCC(=O)C12. The maximum atomic E-state index is 12.1. The molecule has 3 rings (SSSR count). The van der Waals surface area contributed by atoms with Crippen LogP contribution in [0.25, 0.3) is 5.57 Å². The summed E-state index contributed by atoms with van der Waals surface area (Å²) in [5.74, 6) is 1.35. The van der Waals surface area contributed by atoms with Crippen molar-refractivity contribution in [2.24, 2.45) is 11.8 Å². The van der Waals surface area contributed by atoms with E-state index in [1.54, 1.807) is 0 Å². The van der Waals surface area contributed by atoms with Gasteiger partial charge in [0.2, 0.25) is 0 Å². The Hall–Kier alpha value is -0.851. The molecule has 2 heteroatoms. The molecule has 0 spiro atoms. The van der Waals surface area contributed by atoms with E-state index in [1.165, 1.54) is 27.3 Å². The van der Waals surface area contributed by atoms with E-state index in [9.17, 15) is 4.79 Å². The molecule has 2 aliphatic rings. The number of rotatable bonds is 3.